The van der Waals surface area contributed by atoms with Gasteiger partial charge in [0.1, 0.15) is 0 Å². The number of rotatable bonds is 3. The molecule has 96 valence electrons. The second-order valence-electron chi connectivity index (χ2n) is 4.96. The van der Waals surface area contributed by atoms with Gasteiger partial charge in [-0.25, -0.2) is 0 Å². The van der Waals surface area contributed by atoms with Crippen LogP contribution in [0.5, 0.6) is 0 Å². The van der Waals surface area contributed by atoms with Gasteiger partial charge in [0.2, 0.25) is 0 Å². The van der Waals surface area contributed by atoms with Crippen LogP contribution in [-0.4, -0.2) is 18.5 Å². The molecule has 0 radical (unpaired) electrons. The molecule has 2 heterocycles. The molecule has 0 bridgehead atoms. The molecular weight excluding hydrogens is 244 g/mol. The van der Waals surface area contributed by atoms with Gasteiger partial charge in [0.15, 0.2) is 0 Å². The lowest BCUT2D eigenvalue weighted by Crippen LogP contribution is -2.32. The lowest BCUT2D eigenvalue weighted by molar-refractivity contribution is 0.0943. The Morgan fingerprint density at radius 3 is 2.89 bits per heavy atom. The summed E-state index contributed by atoms with van der Waals surface area (Å²) >= 11 is 1.63. The number of nitrogens with one attached hydrogen (secondary N) is 2. The highest BCUT2D eigenvalue weighted by Crippen LogP contribution is 2.29. The zero-order valence-corrected chi connectivity index (χ0v) is 11.1. The molecule has 0 aromatic carbocycles. The monoisotopic (exact) mass is 262 g/mol. The van der Waals surface area contributed by atoms with Crippen molar-refractivity contribution < 1.29 is 4.79 Å². The van der Waals surface area contributed by atoms with E-state index in [0.29, 0.717) is 12.1 Å². The summed E-state index contributed by atoms with van der Waals surface area (Å²) in [6.07, 6.45) is 8.62. The molecule has 18 heavy (non-hydrogen) atoms. The topological polar surface area (TPSA) is 41.1 Å². The predicted molar refractivity (Wildman–Crippen MR) is 73.9 cm³/mol. The van der Waals surface area contributed by atoms with Gasteiger partial charge in [0, 0.05) is 17.0 Å². The van der Waals surface area contributed by atoms with Gasteiger partial charge in [0.05, 0.1) is 4.88 Å². The first kappa shape index (κ1) is 11.9. The molecule has 3 rings (SSSR count). The third-order valence-electron chi connectivity index (χ3n) is 3.60. The van der Waals surface area contributed by atoms with Crippen molar-refractivity contribution in [2.45, 2.75) is 37.8 Å². The Kier molecular flexibility index (Phi) is 3.48. The van der Waals surface area contributed by atoms with E-state index in [0.717, 1.165) is 24.3 Å². The van der Waals surface area contributed by atoms with E-state index in [1.54, 1.807) is 11.3 Å². The first-order valence-electron chi connectivity index (χ1n) is 6.62. The van der Waals surface area contributed by atoms with Crippen molar-refractivity contribution >= 4 is 17.2 Å². The number of hydrogen-bond donors (Lipinski definition) is 2. The molecule has 1 atom stereocenters. The van der Waals surface area contributed by atoms with E-state index >= 15 is 0 Å². The summed E-state index contributed by atoms with van der Waals surface area (Å²) < 4.78 is 0. The maximum Gasteiger partial charge on any atom is 0.261 e. The smallest absolute Gasteiger partial charge is 0.261 e. The Morgan fingerprint density at radius 1 is 1.33 bits per heavy atom. The Bertz CT molecular complexity index is 452. The average Bonchev–Trinajstić information content (AvgIpc) is 3.11. The third kappa shape index (κ3) is 2.49. The molecule has 3 nitrogen and oxygen atoms in total. The van der Waals surface area contributed by atoms with Crippen LogP contribution in [0.4, 0.5) is 0 Å². The van der Waals surface area contributed by atoms with Crippen molar-refractivity contribution in [2.75, 3.05) is 6.54 Å². The van der Waals surface area contributed by atoms with Gasteiger partial charge in [-0.1, -0.05) is 12.2 Å². The molecule has 0 spiro atoms. The minimum Gasteiger partial charge on any atom is -0.348 e. The minimum absolute atomic E-state index is 0.0814. The highest BCUT2D eigenvalue weighted by atomic mass is 32.1. The second kappa shape index (κ2) is 5.24. The average molecular weight is 262 g/mol. The summed E-state index contributed by atoms with van der Waals surface area (Å²) in [5, 5.41) is 6.55. The quantitative estimate of drug-likeness (QED) is 0.822. The largest absolute Gasteiger partial charge is 0.348 e. The van der Waals surface area contributed by atoms with Crippen LogP contribution in [0.3, 0.4) is 0 Å². The van der Waals surface area contributed by atoms with Gasteiger partial charge in [-0.3, -0.25) is 4.79 Å². The number of amides is 1. The molecular formula is C14H18N2OS. The van der Waals surface area contributed by atoms with Gasteiger partial charge < -0.3 is 10.6 Å². The van der Waals surface area contributed by atoms with Crippen LogP contribution in [0.15, 0.2) is 24.3 Å². The number of thiophene rings is 1. The molecule has 1 saturated heterocycles. The van der Waals surface area contributed by atoms with Crippen LogP contribution in [0, 0.1) is 0 Å². The molecule has 1 aliphatic heterocycles. The van der Waals surface area contributed by atoms with E-state index in [1.165, 1.54) is 17.7 Å². The standard InChI is InChI=1S/C14H18N2OS/c17-14(16-10-4-1-2-5-10)13-8-7-12(18-13)11-6-3-9-15-11/h1-2,7-8,10-11,15H,3-6,9H2,(H,16,17). The van der Waals surface area contributed by atoms with Crippen molar-refractivity contribution in [1.82, 2.24) is 10.6 Å². The van der Waals surface area contributed by atoms with Gasteiger partial charge in [-0.05, 0) is 44.4 Å². The molecule has 1 aromatic rings. The van der Waals surface area contributed by atoms with E-state index in [-0.39, 0.29) is 5.91 Å². The zero-order valence-electron chi connectivity index (χ0n) is 10.3. The molecule has 1 unspecified atom stereocenters. The van der Waals surface area contributed by atoms with Crippen LogP contribution < -0.4 is 10.6 Å². The van der Waals surface area contributed by atoms with E-state index < -0.39 is 0 Å². The first-order chi connectivity index (χ1) is 8.83. The molecule has 0 saturated carbocycles. The van der Waals surface area contributed by atoms with E-state index in [9.17, 15) is 4.79 Å². The van der Waals surface area contributed by atoms with E-state index in [2.05, 4.69) is 28.9 Å². The highest BCUT2D eigenvalue weighted by molar-refractivity contribution is 7.14. The van der Waals surface area contributed by atoms with Gasteiger partial charge in [0.25, 0.3) is 5.91 Å². The van der Waals surface area contributed by atoms with Crippen molar-refractivity contribution in [3.63, 3.8) is 0 Å². The molecule has 1 aliphatic carbocycles. The maximum atomic E-state index is 12.1. The Morgan fingerprint density at radius 2 is 2.17 bits per heavy atom. The summed E-state index contributed by atoms with van der Waals surface area (Å²) in [5.74, 6) is 0.0814. The highest BCUT2D eigenvalue weighted by Gasteiger charge is 2.20. The SMILES string of the molecule is O=C(NC1CC=CC1)c1ccc(C2CCCN2)s1. The number of carbonyl (C=O) groups is 1. The molecule has 2 N–H and O–H groups in total. The van der Waals surface area contributed by atoms with Crippen LogP contribution >= 0.6 is 11.3 Å². The fraction of sp³-hybridized carbons (Fsp3) is 0.500. The fourth-order valence-corrected chi connectivity index (χ4v) is 3.60. The van der Waals surface area contributed by atoms with Crippen LogP contribution in [-0.2, 0) is 0 Å². The minimum atomic E-state index is 0.0814. The van der Waals surface area contributed by atoms with Gasteiger partial charge in [-0.15, -0.1) is 11.3 Å². The molecule has 4 heteroatoms. The number of carbonyl (C=O) groups excluding carboxylic acids is 1. The maximum absolute atomic E-state index is 12.1. The Balaban J connectivity index is 1.62. The summed E-state index contributed by atoms with van der Waals surface area (Å²) in [6.45, 7) is 1.10. The van der Waals surface area contributed by atoms with E-state index in [1.807, 2.05) is 6.07 Å². The van der Waals surface area contributed by atoms with Crippen LogP contribution in [0.25, 0.3) is 0 Å². The Labute approximate surface area is 111 Å². The zero-order chi connectivity index (χ0) is 12.4. The normalized spacial score (nSPS) is 23.7. The first-order valence-corrected chi connectivity index (χ1v) is 7.43. The van der Waals surface area contributed by atoms with Gasteiger partial charge in [-0.2, -0.15) is 0 Å². The van der Waals surface area contributed by atoms with Gasteiger partial charge >= 0.3 is 0 Å². The lowest BCUT2D eigenvalue weighted by atomic mass is 10.2. The van der Waals surface area contributed by atoms with Crippen molar-refractivity contribution in [2.24, 2.45) is 0 Å². The third-order valence-corrected chi connectivity index (χ3v) is 4.80. The summed E-state index contributed by atoms with van der Waals surface area (Å²) in [6, 6.07) is 4.81. The lowest BCUT2D eigenvalue weighted by Gasteiger charge is -2.10. The van der Waals surface area contributed by atoms with E-state index in [4.69, 9.17) is 0 Å². The molecule has 1 aromatic heterocycles. The molecule has 2 aliphatic rings. The van der Waals surface area contributed by atoms with Crippen molar-refractivity contribution in [3.05, 3.63) is 34.0 Å². The Hall–Kier alpha value is -1.13. The van der Waals surface area contributed by atoms with Crippen LogP contribution in [0.1, 0.15) is 46.3 Å². The summed E-state index contributed by atoms with van der Waals surface area (Å²) in [4.78, 5) is 14.2. The van der Waals surface area contributed by atoms with Crippen molar-refractivity contribution in [1.29, 1.82) is 0 Å². The summed E-state index contributed by atoms with van der Waals surface area (Å²) in [5.41, 5.74) is 0. The van der Waals surface area contributed by atoms with Crippen molar-refractivity contribution in [3.8, 4) is 0 Å². The van der Waals surface area contributed by atoms with Crippen LogP contribution in [0.2, 0.25) is 0 Å². The molecule has 1 amide bonds. The summed E-state index contributed by atoms with van der Waals surface area (Å²) in [7, 11) is 0. The second-order valence-corrected chi connectivity index (χ2v) is 6.08. The number of hydrogen-bond acceptors (Lipinski definition) is 3. The molecule has 1 fully saturated rings. The predicted octanol–water partition coefficient (Wildman–Crippen LogP) is 2.62. The fourth-order valence-electron chi connectivity index (χ4n) is 2.58.